The van der Waals surface area contributed by atoms with Crippen molar-refractivity contribution < 1.29 is 18.7 Å². The first-order valence-electron chi connectivity index (χ1n) is 6.64. The van der Waals surface area contributed by atoms with Crippen molar-refractivity contribution in [3.63, 3.8) is 0 Å². The summed E-state index contributed by atoms with van der Waals surface area (Å²) in [6.45, 7) is 1.85. The summed E-state index contributed by atoms with van der Waals surface area (Å²) >= 11 is 0.990. The van der Waals surface area contributed by atoms with Crippen LogP contribution in [0.4, 0.5) is 10.1 Å². The monoisotopic (exact) mass is 333 g/mol. The molecule has 1 amide bonds. The van der Waals surface area contributed by atoms with Crippen LogP contribution in [0.2, 0.25) is 0 Å². The lowest BCUT2D eigenvalue weighted by atomic mass is 10.1. The molecule has 1 heterocycles. The minimum Gasteiger partial charge on any atom is -0.461 e. The molecule has 1 atom stereocenters. The van der Waals surface area contributed by atoms with Gasteiger partial charge in [0.2, 0.25) is 5.91 Å². The molecule has 23 heavy (non-hydrogen) atoms. The number of halogens is 1. The summed E-state index contributed by atoms with van der Waals surface area (Å²) in [6, 6.07) is 7.42. The van der Waals surface area contributed by atoms with Crippen LogP contribution in [0.1, 0.15) is 28.3 Å². The normalized spacial score (nSPS) is 11.3. The Balaban J connectivity index is 2.17. The highest BCUT2D eigenvalue weighted by atomic mass is 32.1. The lowest BCUT2D eigenvalue weighted by Crippen LogP contribution is -2.20. The molecule has 1 aromatic carbocycles. The maximum absolute atomic E-state index is 13.5. The number of carbonyl (C=O) groups is 2. The highest BCUT2D eigenvalue weighted by molar-refractivity contribution is 7.10. The maximum atomic E-state index is 13.5. The van der Waals surface area contributed by atoms with E-state index in [1.54, 1.807) is 19.1 Å². The Kier molecular flexibility index (Phi) is 5.38. The number of nitriles is 1. The Morgan fingerprint density at radius 3 is 2.87 bits per heavy atom. The fourth-order valence-electron chi connectivity index (χ4n) is 1.71. The average Bonchev–Trinajstić information content (AvgIpc) is 3.00. The SMILES string of the molecule is CCOC(=O)c1csc(C(C#N)C(=O)Nc2ccccc2F)n1. The quantitative estimate of drug-likeness (QED) is 0.849. The maximum Gasteiger partial charge on any atom is 0.357 e. The number of hydrogen-bond donors (Lipinski definition) is 1. The fourth-order valence-corrected chi connectivity index (χ4v) is 2.54. The number of aromatic nitrogens is 1. The number of amides is 1. The number of thiazole rings is 1. The molecule has 0 radical (unpaired) electrons. The second-order valence-corrected chi connectivity index (χ2v) is 5.21. The second kappa shape index (κ2) is 7.47. The Morgan fingerprint density at radius 2 is 2.22 bits per heavy atom. The van der Waals surface area contributed by atoms with Crippen molar-refractivity contribution in [1.82, 2.24) is 4.98 Å². The molecule has 1 N–H and O–H groups in total. The lowest BCUT2D eigenvalue weighted by molar-refractivity contribution is -0.116. The van der Waals surface area contributed by atoms with Crippen LogP contribution in [0.15, 0.2) is 29.6 Å². The molecule has 0 spiro atoms. The van der Waals surface area contributed by atoms with Gasteiger partial charge in [0.1, 0.15) is 10.8 Å². The van der Waals surface area contributed by atoms with E-state index >= 15 is 0 Å². The zero-order chi connectivity index (χ0) is 16.8. The van der Waals surface area contributed by atoms with Gasteiger partial charge in [-0.2, -0.15) is 5.26 Å². The van der Waals surface area contributed by atoms with Crippen LogP contribution in [-0.4, -0.2) is 23.5 Å². The fraction of sp³-hybridized carbons (Fsp3) is 0.200. The van der Waals surface area contributed by atoms with Crippen LogP contribution in [0.25, 0.3) is 0 Å². The highest BCUT2D eigenvalue weighted by Gasteiger charge is 2.26. The van der Waals surface area contributed by atoms with Crippen molar-refractivity contribution in [2.75, 3.05) is 11.9 Å². The van der Waals surface area contributed by atoms with E-state index in [0.717, 1.165) is 11.3 Å². The smallest absolute Gasteiger partial charge is 0.357 e. The first-order valence-corrected chi connectivity index (χ1v) is 7.52. The topological polar surface area (TPSA) is 92.1 Å². The highest BCUT2D eigenvalue weighted by Crippen LogP contribution is 2.23. The van der Waals surface area contributed by atoms with E-state index in [0.29, 0.717) is 0 Å². The Bertz CT molecular complexity index is 769. The second-order valence-electron chi connectivity index (χ2n) is 4.32. The van der Waals surface area contributed by atoms with Crippen molar-refractivity contribution in [2.45, 2.75) is 12.8 Å². The molecule has 2 aromatic rings. The van der Waals surface area contributed by atoms with Gasteiger partial charge in [-0.3, -0.25) is 4.79 Å². The van der Waals surface area contributed by atoms with Crippen molar-refractivity contribution in [3.05, 3.63) is 46.2 Å². The zero-order valence-corrected chi connectivity index (χ0v) is 12.9. The predicted molar refractivity (Wildman–Crippen MR) is 81.5 cm³/mol. The summed E-state index contributed by atoms with van der Waals surface area (Å²) in [7, 11) is 0. The van der Waals surface area contributed by atoms with Gasteiger partial charge in [0.15, 0.2) is 11.6 Å². The van der Waals surface area contributed by atoms with Gasteiger partial charge in [-0.15, -0.1) is 11.3 Å². The van der Waals surface area contributed by atoms with Crippen molar-refractivity contribution in [1.29, 1.82) is 5.26 Å². The molecule has 1 unspecified atom stereocenters. The zero-order valence-electron chi connectivity index (χ0n) is 12.1. The molecule has 1 aromatic heterocycles. The van der Waals surface area contributed by atoms with Gasteiger partial charge in [0.05, 0.1) is 18.4 Å². The third-order valence-electron chi connectivity index (χ3n) is 2.78. The molecule has 6 nitrogen and oxygen atoms in total. The molecule has 8 heteroatoms. The number of carbonyl (C=O) groups excluding carboxylic acids is 2. The molecule has 118 valence electrons. The van der Waals surface area contributed by atoms with E-state index in [1.165, 1.54) is 23.6 Å². The standard InChI is InChI=1S/C15H12FN3O3S/c1-2-22-15(21)12-8-23-14(19-12)9(7-17)13(20)18-11-6-4-3-5-10(11)16/h3-6,8-9H,2H2,1H3,(H,18,20). The summed E-state index contributed by atoms with van der Waals surface area (Å²) in [6.07, 6.45) is 0. The van der Waals surface area contributed by atoms with E-state index < -0.39 is 23.6 Å². The number of hydrogen-bond acceptors (Lipinski definition) is 6. The van der Waals surface area contributed by atoms with Crippen LogP contribution in [-0.2, 0) is 9.53 Å². The molecule has 0 saturated heterocycles. The number of para-hydroxylation sites is 1. The van der Waals surface area contributed by atoms with Gasteiger partial charge in [0, 0.05) is 5.38 Å². The summed E-state index contributed by atoms with van der Waals surface area (Å²) in [4.78, 5) is 27.7. The van der Waals surface area contributed by atoms with Crippen LogP contribution in [0.3, 0.4) is 0 Å². The largest absolute Gasteiger partial charge is 0.461 e. The number of nitrogens with zero attached hydrogens (tertiary/aromatic N) is 2. The third kappa shape index (κ3) is 3.90. The van der Waals surface area contributed by atoms with Crippen LogP contribution >= 0.6 is 11.3 Å². The molecule has 0 aliphatic carbocycles. The molecule has 0 bridgehead atoms. The summed E-state index contributed by atoms with van der Waals surface area (Å²) in [5, 5.41) is 13.1. The summed E-state index contributed by atoms with van der Waals surface area (Å²) in [5.41, 5.74) is 0.00529. The van der Waals surface area contributed by atoms with Gasteiger partial charge in [0.25, 0.3) is 0 Å². The molecule has 0 aliphatic rings. The van der Waals surface area contributed by atoms with Gasteiger partial charge >= 0.3 is 5.97 Å². The van der Waals surface area contributed by atoms with Crippen LogP contribution in [0, 0.1) is 17.1 Å². The molecule has 0 fully saturated rings. The van der Waals surface area contributed by atoms with Gasteiger partial charge in [-0.05, 0) is 19.1 Å². The van der Waals surface area contributed by atoms with Gasteiger partial charge in [-0.25, -0.2) is 14.2 Å². The van der Waals surface area contributed by atoms with E-state index in [1.807, 2.05) is 0 Å². The van der Waals surface area contributed by atoms with Crippen LogP contribution < -0.4 is 5.32 Å². The lowest BCUT2D eigenvalue weighted by Gasteiger charge is -2.08. The number of anilines is 1. The molecule has 2 rings (SSSR count). The van der Waals surface area contributed by atoms with Crippen molar-refractivity contribution in [2.24, 2.45) is 0 Å². The Labute approximate surface area is 135 Å². The minimum absolute atomic E-state index is 0.0278. The first-order chi connectivity index (χ1) is 11.1. The number of benzene rings is 1. The van der Waals surface area contributed by atoms with Gasteiger partial charge in [-0.1, -0.05) is 12.1 Å². The average molecular weight is 333 g/mol. The number of nitrogens with one attached hydrogen (secondary N) is 1. The third-order valence-corrected chi connectivity index (χ3v) is 3.69. The van der Waals surface area contributed by atoms with Crippen molar-refractivity contribution >= 4 is 28.9 Å². The minimum atomic E-state index is -1.25. The molecular formula is C15H12FN3O3S. The number of ether oxygens (including phenoxy) is 1. The predicted octanol–water partition coefficient (Wildman–Crippen LogP) is 2.70. The molecular weight excluding hydrogens is 321 g/mol. The first kappa shape index (κ1) is 16.6. The molecule has 0 saturated carbocycles. The summed E-state index contributed by atoms with van der Waals surface area (Å²) in [5.74, 6) is -3.20. The van der Waals surface area contributed by atoms with Gasteiger partial charge < -0.3 is 10.1 Å². The number of esters is 1. The Hall–Kier alpha value is -2.79. The number of rotatable bonds is 5. The summed E-state index contributed by atoms with van der Waals surface area (Å²) < 4.78 is 18.3. The van der Waals surface area contributed by atoms with E-state index in [4.69, 9.17) is 4.74 Å². The van der Waals surface area contributed by atoms with Crippen LogP contribution in [0.5, 0.6) is 0 Å². The van der Waals surface area contributed by atoms with E-state index in [9.17, 15) is 19.2 Å². The van der Waals surface area contributed by atoms with Crippen molar-refractivity contribution in [3.8, 4) is 6.07 Å². The Morgan fingerprint density at radius 1 is 1.48 bits per heavy atom. The van der Waals surface area contributed by atoms with E-state index in [2.05, 4.69) is 10.3 Å². The molecule has 0 aliphatic heterocycles. The van der Waals surface area contributed by atoms with E-state index in [-0.39, 0.29) is 23.0 Å².